The number of anilines is 1. The van der Waals surface area contributed by atoms with Crippen LogP contribution in [0.5, 0.6) is 0 Å². The van der Waals surface area contributed by atoms with E-state index in [0.717, 1.165) is 26.6 Å². The van der Waals surface area contributed by atoms with Crippen LogP contribution < -0.4 is 5.32 Å². The average Bonchev–Trinajstić information content (AvgIpc) is 2.94. The summed E-state index contributed by atoms with van der Waals surface area (Å²) in [5, 5.41) is 2.90. The van der Waals surface area contributed by atoms with Crippen LogP contribution in [-0.2, 0) is 4.79 Å². The molecule has 1 aromatic carbocycles. The summed E-state index contributed by atoms with van der Waals surface area (Å²) in [7, 11) is 0. The van der Waals surface area contributed by atoms with Crippen LogP contribution in [0, 0.1) is 9.49 Å². The van der Waals surface area contributed by atoms with Crippen LogP contribution in [0.4, 0.5) is 5.69 Å². The first-order valence-corrected chi connectivity index (χ1v) is 6.30. The first-order chi connectivity index (χ1) is 6.66. The van der Waals surface area contributed by atoms with Crippen LogP contribution >= 0.6 is 38.5 Å². The maximum Gasteiger partial charge on any atom is 0.227 e. The van der Waals surface area contributed by atoms with Crippen molar-refractivity contribution in [2.45, 2.75) is 12.8 Å². The van der Waals surface area contributed by atoms with Gasteiger partial charge in [-0.1, -0.05) is 0 Å². The van der Waals surface area contributed by atoms with Gasteiger partial charge in [0.25, 0.3) is 0 Å². The highest BCUT2D eigenvalue weighted by Gasteiger charge is 2.29. The lowest BCUT2D eigenvalue weighted by Crippen LogP contribution is -2.13. The number of nitrogens with one attached hydrogen (secondary N) is 1. The third-order valence-corrected chi connectivity index (χ3v) is 4.47. The molecule has 2 rings (SSSR count). The number of benzene rings is 1. The number of hydrogen-bond donors (Lipinski definition) is 1. The van der Waals surface area contributed by atoms with Gasteiger partial charge in [0.05, 0.1) is 0 Å². The summed E-state index contributed by atoms with van der Waals surface area (Å²) >= 11 is 5.67. The highest BCUT2D eigenvalue weighted by atomic mass is 127. The molecule has 14 heavy (non-hydrogen) atoms. The van der Waals surface area contributed by atoms with Crippen LogP contribution in [0.25, 0.3) is 0 Å². The molecule has 74 valence electrons. The molecule has 1 amide bonds. The van der Waals surface area contributed by atoms with Gasteiger partial charge in [-0.15, -0.1) is 0 Å². The van der Waals surface area contributed by atoms with Crippen molar-refractivity contribution in [3.05, 3.63) is 26.2 Å². The monoisotopic (exact) mass is 365 g/mol. The predicted molar refractivity (Wildman–Crippen MR) is 68.2 cm³/mol. The van der Waals surface area contributed by atoms with Crippen LogP contribution in [0.1, 0.15) is 12.8 Å². The summed E-state index contributed by atoms with van der Waals surface area (Å²) in [5.74, 6) is 0.408. The van der Waals surface area contributed by atoms with Crippen molar-refractivity contribution in [1.82, 2.24) is 0 Å². The van der Waals surface area contributed by atoms with Gasteiger partial charge >= 0.3 is 0 Å². The fraction of sp³-hybridized carbons (Fsp3) is 0.300. The molecule has 0 aromatic heterocycles. The van der Waals surface area contributed by atoms with Crippen LogP contribution in [0.3, 0.4) is 0 Å². The zero-order chi connectivity index (χ0) is 10.1. The lowest BCUT2D eigenvalue weighted by atomic mass is 10.3. The van der Waals surface area contributed by atoms with Gasteiger partial charge in [0, 0.05) is 19.6 Å². The van der Waals surface area contributed by atoms with E-state index in [2.05, 4.69) is 43.8 Å². The molecule has 0 aliphatic heterocycles. The van der Waals surface area contributed by atoms with Crippen LogP contribution in [0.2, 0.25) is 0 Å². The van der Waals surface area contributed by atoms with Crippen LogP contribution in [-0.4, -0.2) is 5.91 Å². The van der Waals surface area contributed by atoms with E-state index in [-0.39, 0.29) is 11.8 Å². The molecule has 1 aliphatic carbocycles. The van der Waals surface area contributed by atoms with Crippen molar-refractivity contribution >= 4 is 50.1 Å². The Morgan fingerprint density at radius 1 is 1.50 bits per heavy atom. The Bertz CT molecular complexity index is 376. The van der Waals surface area contributed by atoms with Gasteiger partial charge in [0.15, 0.2) is 0 Å². The van der Waals surface area contributed by atoms with Crippen molar-refractivity contribution in [2.24, 2.45) is 5.92 Å². The zero-order valence-electron chi connectivity index (χ0n) is 7.39. The van der Waals surface area contributed by atoms with Gasteiger partial charge in [0.2, 0.25) is 5.91 Å². The van der Waals surface area contributed by atoms with E-state index in [9.17, 15) is 4.79 Å². The SMILES string of the molecule is O=C(Nc1ccc(I)c(Br)c1)C1CC1. The molecule has 1 aliphatic rings. The van der Waals surface area contributed by atoms with Gasteiger partial charge in [-0.25, -0.2) is 0 Å². The number of halogens is 2. The molecule has 0 bridgehead atoms. The van der Waals surface area contributed by atoms with Crippen molar-refractivity contribution < 1.29 is 4.79 Å². The smallest absolute Gasteiger partial charge is 0.227 e. The Balaban J connectivity index is 2.08. The first kappa shape index (κ1) is 10.4. The summed E-state index contributed by atoms with van der Waals surface area (Å²) in [6, 6.07) is 5.84. The van der Waals surface area contributed by atoms with E-state index in [0.29, 0.717) is 0 Å². The van der Waals surface area contributed by atoms with E-state index >= 15 is 0 Å². The van der Waals surface area contributed by atoms with Gasteiger partial charge in [-0.3, -0.25) is 4.79 Å². The van der Waals surface area contributed by atoms with E-state index in [1.54, 1.807) is 0 Å². The maximum atomic E-state index is 11.4. The van der Waals surface area contributed by atoms with Crippen molar-refractivity contribution in [2.75, 3.05) is 5.32 Å². The Hall–Kier alpha value is -0.100. The molecule has 1 fully saturated rings. The summed E-state index contributed by atoms with van der Waals surface area (Å²) < 4.78 is 2.17. The lowest BCUT2D eigenvalue weighted by Gasteiger charge is -2.05. The second-order valence-electron chi connectivity index (χ2n) is 3.39. The van der Waals surface area contributed by atoms with Crippen molar-refractivity contribution in [3.8, 4) is 0 Å². The van der Waals surface area contributed by atoms with Crippen molar-refractivity contribution in [1.29, 1.82) is 0 Å². The summed E-state index contributed by atoms with van der Waals surface area (Å²) in [4.78, 5) is 11.4. The molecule has 1 aromatic rings. The first-order valence-electron chi connectivity index (χ1n) is 4.43. The molecule has 1 N–H and O–H groups in total. The molecule has 2 nitrogen and oxygen atoms in total. The van der Waals surface area contributed by atoms with E-state index < -0.39 is 0 Å². The highest BCUT2D eigenvalue weighted by molar-refractivity contribution is 14.1. The summed E-state index contributed by atoms with van der Waals surface area (Å²) in [5.41, 5.74) is 0.870. The van der Waals surface area contributed by atoms with Gasteiger partial charge < -0.3 is 5.32 Å². The molecule has 1 saturated carbocycles. The third kappa shape index (κ3) is 2.48. The standard InChI is InChI=1S/C10H9BrINO/c11-8-5-7(3-4-9(8)12)13-10(14)6-1-2-6/h3-6H,1-2H2,(H,13,14). The molecule has 4 heteroatoms. The molecule has 0 spiro atoms. The summed E-state index contributed by atoms with van der Waals surface area (Å²) in [6.07, 6.45) is 2.08. The summed E-state index contributed by atoms with van der Waals surface area (Å²) in [6.45, 7) is 0. The van der Waals surface area contributed by atoms with Gasteiger partial charge in [-0.05, 0) is 69.6 Å². The number of amides is 1. The topological polar surface area (TPSA) is 29.1 Å². The number of hydrogen-bond acceptors (Lipinski definition) is 1. The molecule has 0 atom stereocenters. The minimum atomic E-state index is 0.151. The van der Waals surface area contributed by atoms with E-state index in [1.807, 2.05) is 18.2 Å². The zero-order valence-corrected chi connectivity index (χ0v) is 11.1. The normalized spacial score (nSPS) is 15.3. The minimum absolute atomic E-state index is 0.151. The second kappa shape index (κ2) is 4.18. The fourth-order valence-electron chi connectivity index (χ4n) is 1.16. The molecule has 0 saturated heterocycles. The van der Waals surface area contributed by atoms with E-state index in [1.165, 1.54) is 0 Å². The van der Waals surface area contributed by atoms with Crippen LogP contribution in [0.15, 0.2) is 22.7 Å². The second-order valence-corrected chi connectivity index (χ2v) is 5.41. The minimum Gasteiger partial charge on any atom is -0.326 e. The number of carbonyl (C=O) groups excluding carboxylic acids is 1. The molecular formula is C10H9BrINO. The molecule has 0 heterocycles. The maximum absolute atomic E-state index is 11.4. The molecule has 0 unspecified atom stereocenters. The Morgan fingerprint density at radius 3 is 2.79 bits per heavy atom. The molecule has 0 radical (unpaired) electrons. The number of rotatable bonds is 2. The predicted octanol–water partition coefficient (Wildman–Crippen LogP) is 3.40. The molecular weight excluding hydrogens is 357 g/mol. The highest BCUT2D eigenvalue weighted by Crippen LogP contribution is 2.31. The Kier molecular flexibility index (Phi) is 3.11. The van der Waals surface area contributed by atoms with E-state index in [4.69, 9.17) is 0 Å². The number of carbonyl (C=O) groups is 1. The average molecular weight is 366 g/mol. The largest absolute Gasteiger partial charge is 0.326 e. The Morgan fingerprint density at radius 2 is 2.21 bits per heavy atom. The third-order valence-electron chi connectivity index (χ3n) is 2.14. The Labute approximate surface area is 105 Å². The quantitative estimate of drug-likeness (QED) is 0.799. The van der Waals surface area contributed by atoms with Gasteiger partial charge in [0.1, 0.15) is 0 Å². The van der Waals surface area contributed by atoms with Crippen molar-refractivity contribution in [3.63, 3.8) is 0 Å². The fourth-order valence-corrected chi connectivity index (χ4v) is 1.88. The van der Waals surface area contributed by atoms with Gasteiger partial charge in [-0.2, -0.15) is 0 Å². The lowest BCUT2D eigenvalue weighted by molar-refractivity contribution is -0.117.